The Labute approximate surface area is 226 Å². The number of ether oxygens (including phenoxy) is 2. The monoisotopic (exact) mass is 589 g/mol. The molecule has 1 fully saturated rings. The molecule has 5 rings (SSSR count). The minimum Gasteiger partial charge on any atom is -0.454 e. The van der Waals surface area contributed by atoms with E-state index in [0.717, 1.165) is 33.8 Å². The molecule has 0 unspecified atom stereocenters. The topological polar surface area (TPSA) is 137 Å². The third kappa shape index (κ3) is 5.61. The zero-order valence-corrected chi connectivity index (χ0v) is 22.8. The molecule has 4 heterocycles. The van der Waals surface area contributed by atoms with Crippen LogP contribution in [0.1, 0.15) is 32.1 Å². The molecule has 11 nitrogen and oxygen atoms in total. The van der Waals surface area contributed by atoms with E-state index in [4.69, 9.17) is 20.2 Å². The SMILES string of the molecule is CNC(=O)CCC(=O)N1CCC(CCn2c(Sc3cc4c(cc3Br)OCO4)nc3c(N)ncnc32)CC1. The molecular weight excluding hydrogens is 562 g/mol. The molecule has 0 aliphatic carbocycles. The summed E-state index contributed by atoms with van der Waals surface area (Å²) in [6.07, 6.45) is 4.71. The summed E-state index contributed by atoms with van der Waals surface area (Å²) in [5.41, 5.74) is 7.41. The Hall–Kier alpha value is -3.06. The van der Waals surface area contributed by atoms with Crippen molar-refractivity contribution in [3.63, 3.8) is 0 Å². The van der Waals surface area contributed by atoms with Crippen molar-refractivity contribution in [3.05, 3.63) is 22.9 Å². The van der Waals surface area contributed by atoms with Crippen molar-refractivity contribution in [1.82, 2.24) is 29.7 Å². The number of hydrogen-bond acceptors (Lipinski definition) is 9. The number of fused-ring (bicyclic) bond motifs is 2. The lowest BCUT2D eigenvalue weighted by molar-refractivity contribution is -0.134. The summed E-state index contributed by atoms with van der Waals surface area (Å²) in [6.45, 7) is 2.34. The van der Waals surface area contributed by atoms with E-state index in [1.54, 1.807) is 7.05 Å². The number of amides is 2. The van der Waals surface area contributed by atoms with E-state index < -0.39 is 0 Å². The zero-order chi connectivity index (χ0) is 25.9. The van der Waals surface area contributed by atoms with Gasteiger partial charge in [0.1, 0.15) is 6.33 Å². The number of hydrogen-bond donors (Lipinski definition) is 2. The van der Waals surface area contributed by atoms with Crippen molar-refractivity contribution < 1.29 is 19.1 Å². The summed E-state index contributed by atoms with van der Waals surface area (Å²) in [5, 5.41) is 3.33. The summed E-state index contributed by atoms with van der Waals surface area (Å²) >= 11 is 5.13. The van der Waals surface area contributed by atoms with Crippen molar-refractivity contribution in [1.29, 1.82) is 0 Å². The number of rotatable bonds is 8. The van der Waals surface area contributed by atoms with Crippen LogP contribution in [-0.2, 0) is 16.1 Å². The van der Waals surface area contributed by atoms with Crippen molar-refractivity contribution in [3.8, 4) is 11.5 Å². The number of nitrogen functional groups attached to an aromatic ring is 1. The Morgan fingerprint density at radius 1 is 1.19 bits per heavy atom. The molecule has 0 radical (unpaired) electrons. The van der Waals surface area contributed by atoms with Gasteiger partial charge in [0.15, 0.2) is 33.6 Å². The third-order valence-corrected chi connectivity index (χ3v) is 8.70. The van der Waals surface area contributed by atoms with Crippen molar-refractivity contribution in [2.75, 3.05) is 32.7 Å². The van der Waals surface area contributed by atoms with Gasteiger partial charge in [-0.25, -0.2) is 15.0 Å². The van der Waals surface area contributed by atoms with Crippen molar-refractivity contribution in [2.45, 2.75) is 48.7 Å². The number of anilines is 1. The average Bonchev–Trinajstić information content (AvgIpc) is 3.50. The van der Waals surface area contributed by atoms with Gasteiger partial charge in [-0.1, -0.05) is 11.8 Å². The molecule has 13 heteroatoms. The van der Waals surface area contributed by atoms with Gasteiger partial charge in [-0.05, 0) is 53.2 Å². The first kappa shape index (κ1) is 25.6. The molecular formula is C24H28BrN7O4S. The van der Waals surface area contributed by atoms with Gasteiger partial charge in [-0.15, -0.1) is 0 Å². The standard InChI is InChI=1S/C24H28BrN7O4S/c1-27-19(33)2-3-20(34)31-7-4-14(5-8-31)6-9-32-23-21(22(26)28-12-29-23)30-24(32)37-18-11-17-16(10-15(18)25)35-13-36-17/h10-12,14H,2-9,13H2,1H3,(H,27,33)(H2,26,28,29). The van der Waals surface area contributed by atoms with Crippen molar-refractivity contribution in [2.24, 2.45) is 5.92 Å². The predicted molar refractivity (Wildman–Crippen MR) is 141 cm³/mol. The fraction of sp³-hybridized carbons (Fsp3) is 0.458. The number of aryl methyl sites for hydroxylation is 1. The predicted octanol–water partition coefficient (Wildman–Crippen LogP) is 3.21. The first-order chi connectivity index (χ1) is 17.9. The van der Waals surface area contributed by atoms with E-state index in [2.05, 4.69) is 35.8 Å². The molecule has 2 aliphatic rings. The first-order valence-corrected chi connectivity index (χ1v) is 13.8. The lowest BCUT2D eigenvalue weighted by Crippen LogP contribution is -2.39. The molecule has 0 bridgehead atoms. The fourth-order valence-corrected chi connectivity index (χ4v) is 6.08. The van der Waals surface area contributed by atoms with Crippen LogP contribution in [0, 0.1) is 5.92 Å². The van der Waals surface area contributed by atoms with Crippen LogP contribution < -0.4 is 20.5 Å². The van der Waals surface area contributed by atoms with Crippen LogP contribution in [-0.4, -0.2) is 63.2 Å². The number of piperidine rings is 1. The quantitative estimate of drug-likeness (QED) is 0.405. The second-order valence-corrected chi connectivity index (χ2v) is 10.9. The number of likely N-dealkylation sites (tertiary alicyclic amines) is 1. The van der Waals surface area contributed by atoms with E-state index in [0.29, 0.717) is 54.0 Å². The first-order valence-electron chi connectivity index (χ1n) is 12.1. The Morgan fingerprint density at radius 3 is 2.70 bits per heavy atom. The fourth-order valence-electron chi connectivity index (χ4n) is 4.57. The van der Waals surface area contributed by atoms with Gasteiger partial charge < -0.3 is 30.0 Å². The van der Waals surface area contributed by atoms with Crippen LogP contribution in [0.4, 0.5) is 5.82 Å². The average molecular weight is 591 g/mol. The molecule has 0 spiro atoms. The van der Waals surface area contributed by atoms with Gasteiger partial charge in [0.05, 0.1) is 0 Å². The third-order valence-electron chi connectivity index (χ3n) is 6.73. The number of carbonyl (C=O) groups is 2. The van der Waals surface area contributed by atoms with Gasteiger partial charge in [-0.3, -0.25) is 9.59 Å². The van der Waals surface area contributed by atoms with Crippen LogP contribution in [0.15, 0.2) is 33.0 Å². The molecule has 196 valence electrons. The number of benzene rings is 1. The Kier molecular flexibility index (Phi) is 7.70. The summed E-state index contributed by atoms with van der Waals surface area (Å²) in [4.78, 5) is 40.1. The van der Waals surface area contributed by atoms with Crippen molar-refractivity contribution >= 4 is 56.5 Å². The second kappa shape index (κ2) is 11.1. The minimum absolute atomic E-state index is 0.0443. The van der Waals surface area contributed by atoms with E-state index in [-0.39, 0.29) is 31.4 Å². The number of imidazole rings is 1. The molecule has 0 saturated carbocycles. The number of nitrogens with two attached hydrogens (primary N) is 1. The molecule has 0 atom stereocenters. The summed E-state index contributed by atoms with van der Waals surface area (Å²) < 4.78 is 14.0. The number of aromatic nitrogens is 4. The summed E-state index contributed by atoms with van der Waals surface area (Å²) in [6, 6.07) is 3.84. The molecule has 1 aromatic carbocycles. The van der Waals surface area contributed by atoms with Crippen LogP contribution in [0.25, 0.3) is 11.2 Å². The van der Waals surface area contributed by atoms with E-state index in [9.17, 15) is 9.59 Å². The molecule has 37 heavy (non-hydrogen) atoms. The number of carbonyl (C=O) groups excluding carboxylic acids is 2. The van der Waals surface area contributed by atoms with Crippen LogP contribution >= 0.6 is 27.7 Å². The second-order valence-electron chi connectivity index (χ2n) is 9.00. The zero-order valence-electron chi connectivity index (χ0n) is 20.4. The summed E-state index contributed by atoms with van der Waals surface area (Å²) in [5.74, 6) is 2.15. The highest BCUT2D eigenvalue weighted by atomic mass is 79.9. The van der Waals surface area contributed by atoms with Gasteiger partial charge in [0.2, 0.25) is 18.6 Å². The van der Waals surface area contributed by atoms with Gasteiger partial charge >= 0.3 is 0 Å². The molecule has 3 aromatic rings. The number of nitrogens with one attached hydrogen (secondary N) is 1. The molecule has 1 saturated heterocycles. The Balaban J connectivity index is 1.27. The summed E-state index contributed by atoms with van der Waals surface area (Å²) in [7, 11) is 1.58. The highest BCUT2D eigenvalue weighted by molar-refractivity contribution is 9.10. The maximum absolute atomic E-state index is 12.4. The lowest BCUT2D eigenvalue weighted by atomic mass is 9.93. The van der Waals surface area contributed by atoms with Gasteiger partial charge in [0.25, 0.3) is 0 Å². The Bertz CT molecular complexity index is 1330. The van der Waals surface area contributed by atoms with Gasteiger partial charge in [0, 0.05) is 48.9 Å². The lowest BCUT2D eigenvalue weighted by Gasteiger charge is -2.32. The van der Waals surface area contributed by atoms with E-state index in [1.807, 2.05) is 17.0 Å². The smallest absolute Gasteiger partial charge is 0.231 e. The molecule has 2 amide bonds. The maximum atomic E-state index is 12.4. The normalized spacial score (nSPS) is 15.4. The Morgan fingerprint density at radius 2 is 1.95 bits per heavy atom. The highest BCUT2D eigenvalue weighted by Gasteiger charge is 2.25. The van der Waals surface area contributed by atoms with E-state index in [1.165, 1.54) is 18.1 Å². The largest absolute Gasteiger partial charge is 0.454 e. The molecule has 3 N–H and O–H groups in total. The van der Waals surface area contributed by atoms with Crippen LogP contribution in [0.2, 0.25) is 0 Å². The molecule has 2 aromatic heterocycles. The molecule has 2 aliphatic heterocycles. The number of nitrogens with zero attached hydrogens (tertiary/aromatic N) is 5. The highest BCUT2D eigenvalue weighted by Crippen LogP contribution is 2.43. The van der Waals surface area contributed by atoms with Crippen LogP contribution in [0.5, 0.6) is 11.5 Å². The van der Waals surface area contributed by atoms with Gasteiger partial charge in [-0.2, -0.15) is 0 Å². The minimum atomic E-state index is -0.110. The maximum Gasteiger partial charge on any atom is 0.231 e. The van der Waals surface area contributed by atoms with E-state index >= 15 is 0 Å². The van der Waals surface area contributed by atoms with Crippen LogP contribution in [0.3, 0.4) is 0 Å². The number of halogens is 1.